The Morgan fingerprint density at radius 2 is 1.58 bits per heavy atom. The summed E-state index contributed by atoms with van der Waals surface area (Å²) in [4.78, 5) is 9.95. The summed E-state index contributed by atoms with van der Waals surface area (Å²) in [7, 11) is 5.67. The molecular formula is C22H21N3O. The maximum Gasteiger partial charge on any atom is 0.127 e. The van der Waals surface area contributed by atoms with Gasteiger partial charge in [0, 0.05) is 48.5 Å². The van der Waals surface area contributed by atoms with Crippen LogP contribution in [-0.2, 0) is 0 Å². The number of ether oxygens (including phenoxy) is 1. The Morgan fingerprint density at radius 1 is 0.846 bits per heavy atom. The van der Waals surface area contributed by atoms with Gasteiger partial charge in [0.25, 0.3) is 0 Å². The van der Waals surface area contributed by atoms with Gasteiger partial charge in [0.05, 0.1) is 7.11 Å². The molecule has 2 aromatic carbocycles. The molecule has 4 aromatic rings. The van der Waals surface area contributed by atoms with Gasteiger partial charge in [-0.15, -0.1) is 0 Å². The van der Waals surface area contributed by atoms with Crippen molar-refractivity contribution < 1.29 is 4.74 Å². The van der Waals surface area contributed by atoms with Crippen LogP contribution in [0.25, 0.3) is 33.3 Å². The first-order chi connectivity index (χ1) is 12.6. The lowest BCUT2D eigenvalue weighted by Crippen LogP contribution is -2.09. The van der Waals surface area contributed by atoms with Gasteiger partial charge in [0.15, 0.2) is 0 Å². The van der Waals surface area contributed by atoms with Gasteiger partial charge in [-0.3, -0.25) is 0 Å². The number of pyridine rings is 1. The third-order valence-corrected chi connectivity index (χ3v) is 4.56. The smallest absolute Gasteiger partial charge is 0.127 e. The van der Waals surface area contributed by atoms with E-state index in [4.69, 9.17) is 4.74 Å². The van der Waals surface area contributed by atoms with Crippen LogP contribution in [0.2, 0.25) is 0 Å². The molecule has 0 aliphatic heterocycles. The van der Waals surface area contributed by atoms with Crippen molar-refractivity contribution in [3.63, 3.8) is 0 Å². The van der Waals surface area contributed by atoms with E-state index >= 15 is 0 Å². The van der Waals surface area contributed by atoms with Crippen LogP contribution in [0, 0.1) is 0 Å². The second-order valence-electron chi connectivity index (χ2n) is 6.51. The molecule has 0 amide bonds. The molecule has 1 N–H and O–H groups in total. The van der Waals surface area contributed by atoms with Gasteiger partial charge in [-0.25, -0.2) is 4.98 Å². The number of nitrogens with zero attached hydrogens (tertiary/aromatic N) is 2. The summed E-state index contributed by atoms with van der Waals surface area (Å²) in [6.07, 6.45) is 1.92. The molecule has 2 aromatic heterocycles. The van der Waals surface area contributed by atoms with Crippen LogP contribution in [0.5, 0.6) is 5.75 Å². The van der Waals surface area contributed by atoms with Crippen LogP contribution in [-0.4, -0.2) is 31.2 Å². The molecule has 0 aliphatic carbocycles. The fourth-order valence-corrected chi connectivity index (χ4v) is 3.05. The van der Waals surface area contributed by atoms with Crippen molar-refractivity contribution in [1.29, 1.82) is 0 Å². The topological polar surface area (TPSA) is 41.1 Å². The zero-order chi connectivity index (χ0) is 18.1. The third kappa shape index (κ3) is 3.02. The summed E-state index contributed by atoms with van der Waals surface area (Å²) >= 11 is 0. The number of nitrogens with one attached hydrogen (secondary N) is 1. The number of H-pyrrole nitrogens is 1. The Morgan fingerprint density at radius 3 is 2.23 bits per heavy atom. The van der Waals surface area contributed by atoms with Crippen molar-refractivity contribution in [2.75, 3.05) is 26.1 Å². The van der Waals surface area contributed by atoms with E-state index < -0.39 is 0 Å². The third-order valence-electron chi connectivity index (χ3n) is 4.56. The molecule has 0 saturated heterocycles. The van der Waals surface area contributed by atoms with E-state index in [0.717, 1.165) is 39.5 Å². The van der Waals surface area contributed by atoms with E-state index in [0.29, 0.717) is 0 Å². The summed E-state index contributed by atoms with van der Waals surface area (Å²) in [5.41, 5.74) is 5.60. The first kappa shape index (κ1) is 16.2. The quantitative estimate of drug-likeness (QED) is 0.569. The molecule has 0 bridgehead atoms. The minimum Gasteiger partial charge on any atom is -0.497 e. The molecule has 26 heavy (non-hydrogen) atoms. The van der Waals surface area contributed by atoms with Gasteiger partial charge < -0.3 is 14.6 Å². The molecule has 4 heteroatoms. The highest BCUT2D eigenvalue weighted by Crippen LogP contribution is 2.29. The second kappa shape index (κ2) is 6.56. The molecule has 0 radical (unpaired) electrons. The minimum atomic E-state index is 0.856. The van der Waals surface area contributed by atoms with Crippen molar-refractivity contribution in [2.24, 2.45) is 0 Å². The summed E-state index contributed by atoms with van der Waals surface area (Å²) in [5.74, 6) is 1.81. The highest BCUT2D eigenvalue weighted by molar-refractivity contribution is 5.87. The summed E-state index contributed by atoms with van der Waals surface area (Å²) in [5, 5.41) is 1.17. The fourth-order valence-electron chi connectivity index (χ4n) is 3.05. The summed E-state index contributed by atoms with van der Waals surface area (Å²) in [6, 6.07) is 20.9. The molecule has 0 atom stereocenters. The number of benzene rings is 2. The highest BCUT2D eigenvalue weighted by atomic mass is 16.5. The first-order valence-electron chi connectivity index (χ1n) is 8.55. The average Bonchev–Trinajstić information content (AvgIpc) is 3.11. The monoisotopic (exact) mass is 343 g/mol. The lowest BCUT2D eigenvalue weighted by molar-refractivity contribution is 0.415. The van der Waals surface area contributed by atoms with Crippen molar-refractivity contribution in [1.82, 2.24) is 9.97 Å². The zero-order valence-electron chi connectivity index (χ0n) is 15.2. The molecule has 4 nitrogen and oxygen atoms in total. The van der Waals surface area contributed by atoms with Crippen LogP contribution < -0.4 is 9.64 Å². The zero-order valence-corrected chi connectivity index (χ0v) is 15.2. The Balaban J connectivity index is 1.63. The van der Waals surface area contributed by atoms with Crippen LogP contribution >= 0.6 is 0 Å². The number of aromatic nitrogens is 2. The van der Waals surface area contributed by atoms with Crippen LogP contribution in [0.15, 0.2) is 66.9 Å². The predicted molar refractivity (Wildman–Crippen MR) is 108 cm³/mol. The van der Waals surface area contributed by atoms with E-state index in [1.54, 1.807) is 7.11 Å². The Hall–Kier alpha value is -3.27. The molecule has 0 unspecified atom stereocenters. The van der Waals surface area contributed by atoms with E-state index in [-0.39, 0.29) is 0 Å². The number of hydrogen-bond donors (Lipinski definition) is 1. The van der Waals surface area contributed by atoms with Gasteiger partial charge in [-0.1, -0.05) is 24.3 Å². The van der Waals surface area contributed by atoms with Crippen molar-refractivity contribution in [3.8, 4) is 28.1 Å². The lowest BCUT2D eigenvalue weighted by Gasteiger charge is -2.11. The van der Waals surface area contributed by atoms with Gasteiger partial charge >= 0.3 is 0 Å². The van der Waals surface area contributed by atoms with Gasteiger partial charge in [0.2, 0.25) is 0 Å². The molecule has 0 spiro atoms. The SMILES string of the molecule is COc1ccc2cc(-c3ccc(-c4ccc(N(C)C)nc4)cc3)[nH]c2c1. The highest BCUT2D eigenvalue weighted by Gasteiger charge is 2.06. The first-order valence-corrected chi connectivity index (χ1v) is 8.55. The summed E-state index contributed by atoms with van der Waals surface area (Å²) in [6.45, 7) is 0. The van der Waals surface area contributed by atoms with Crippen LogP contribution in [0.1, 0.15) is 0 Å². The second-order valence-corrected chi connectivity index (χ2v) is 6.51. The van der Waals surface area contributed by atoms with Crippen molar-refractivity contribution >= 4 is 16.7 Å². The maximum atomic E-state index is 5.30. The Bertz CT molecular complexity index is 1030. The van der Waals surface area contributed by atoms with Gasteiger partial charge in [-0.2, -0.15) is 0 Å². The van der Waals surface area contributed by atoms with E-state index in [1.165, 1.54) is 5.39 Å². The minimum absolute atomic E-state index is 0.856. The molecule has 2 heterocycles. The molecule has 4 rings (SSSR count). The molecule has 0 fully saturated rings. The lowest BCUT2D eigenvalue weighted by atomic mass is 10.0. The van der Waals surface area contributed by atoms with Gasteiger partial charge in [0.1, 0.15) is 11.6 Å². The predicted octanol–water partition coefficient (Wildman–Crippen LogP) is 4.97. The number of anilines is 1. The number of rotatable bonds is 4. The standard InChI is InChI=1S/C22H21N3O/c1-25(2)22-11-9-18(14-23-22)15-4-6-16(7-5-15)20-12-17-8-10-19(26-3)13-21(17)24-20/h4-14,24H,1-3H3. The Kier molecular flexibility index (Phi) is 4.09. The van der Waals surface area contributed by atoms with Crippen LogP contribution in [0.3, 0.4) is 0 Å². The largest absolute Gasteiger partial charge is 0.497 e. The number of fused-ring (bicyclic) bond motifs is 1. The Labute approximate surface area is 153 Å². The van der Waals surface area contributed by atoms with Gasteiger partial charge in [-0.05, 0) is 41.5 Å². The molecule has 130 valence electrons. The number of methoxy groups -OCH3 is 1. The van der Waals surface area contributed by atoms with E-state index in [1.807, 2.05) is 43.4 Å². The maximum absolute atomic E-state index is 5.30. The number of hydrogen-bond acceptors (Lipinski definition) is 3. The normalized spacial score (nSPS) is 10.9. The fraction of sp³-hybridized carbons (Fsp3) is 0.136. The van der Waals surface area contributed by atoms with E-state index in [2.05, 4.69) is 52.4 Å². The van der Waals surface area contributed by atoms with Crippen molar-refractivity contribution in [3.05, 3.63) is 66.9 Å². The van der Waals surface area contributed by atoms with Crippen LogP contribution in [0.4, 0.5) is 5.82 Å². The van der Waals surface area contributed by atoms with E-state index in [9.17, 15) is 0 Å². The van der Waals surface area contributed by atoms with Crippen molar-refractivity contribution in [2.45, 2.75) is 0 Å². The number of aromatic amines is 1. The molecular weight excluding hydrogens is 322 g/mol. The molecule has 0 aliphatic rings. The summed E-state index contributed by atoms with van der Waals surface area (Å²) < 4.78 is 5.30. The molecule has 0 saturated carbocycles. The average molecular weight is 343 g/mol.